The number of aromatic hydroxyl groups is 1. The van der Waals surface area contributed by atoms with Crippen molar-refractivity contribution >= 4 is 45.2 Å². The van der Waals surface area contributed by atoms with E-state index in [9.17, 15) is 5.11 Å². The largest absolute Gasteiger partial charge is 0.506 e. The lowest BCUT2D eigenvalue weighted by atomic mass is 10.0. The standard InChI is InChI=1S/C11H15I2NO/c1-2-3-4-10(14)7-5-8(12)11(15)9(13)6-7/h5-6,10,15H,2-4,14H2,1H3/t10-/m1/s1. The maximum atomic E-state index is 9.63. The van der Waals surface area contributed by atoms with Gasteiger partial charge in [-0.15, -0.1) is 0 Å². The van der Waals surface area contributed by atoms with E-state index in [0.717, 1.165) is 25.5 Å². The third kappa shape index (κ3) is 3.74. The zero-order valence-corrected chi connectivity index (χ0v) is 12.9. The molecular formula is C11H15I2NO. The average molecular weight is 431 g/mol. The Labute approximate surface area is 118 Å². The summed E-state index contributed by atoms with van der Waals surface area (Å²) in [6.07, 6.45) is 3.32. The summed E-state index contributed by atoms with van der Waals surface area (Å²) >= 11 is 4.27. The highest BCUT2D eigenvalue weighted by Gasteiger charge is 2.10. The summed E-state index contributed by atoms with van der Waals surface area (Å²) in [6.45, 7) is 2.16. The second-order valence-corrected chi connectivity index (χ2v) is 5.91. The van der Waals surface area contributed by atoms with E-state index >= 15 is 0 Å². The molecule has 0 aromatic heterocycles. The van der Waals surface area contributed by atoms with Crippen LogP contribution in [0.15, 0.2) is 12.1 Å². The average Bonchev–Trinajstić information content (AvgIpc) is 2.21. The maximum absolute atomic E-state index is 9.63. The van der Waals surface area contributed by atoms with E-state index in [2.05, 4.69) is 52.1 Å². The molecule has 0 saturated heterocycles. The summed E-state index contributed by atoms with van der Waals surface area (Å²) in [5.74, 6) is 0.364. The van der Waals surface area contributed by atoms with Crippen molar-refractivity contribution < 1.29 is 5.11 Å². The first-order chi connectivity index (χ1) is 7.06. The van der Waals surface area contributed by atoms with E-state index < -0.39 is 0 Å². The quantitative estimate of drug-likeness (QED) is 0.714. The molecular weight excluding hydrogens is 416 g/mol. The van der Waals surface area contributed by atoms with Crippen LogP contribution in [0.5, 0.6) is 5.75 Å². The van der Waals surface area contributed by atoms with Crippen molar-refractivity contribution in [2.24, 2.45) is 5.73 Å². The Morgan fingerprint density at radius 2 is 1.87 bits per heavy atom. The highest BCUT2D eigenvalue weighted by atomic mass is 127. The number of halogens is 2. The molecule has 1 rings (SSSR count). The van der Waals surface area contributed by atoms with Gasteiger partial charge in [-0.25, -0.2) is 0 Å². The van der Waals surface area contributed by atoms with Gasteiger partial charge < -0.3 is 10.8 Å². The Balaban J connectivity index is 2.86. The second-order valence-electron chi connectivity index (χ2n) is 3.58. The number of benzene rings is 1. The van der Waals surface area contributed by atoms with E-state index in [4.69, 9.17) is 5.73 Å². The molecule has 0 aliphatic carbocycles. The summed E-state index contributed by atoms with van der Waals surface area (Å²) in [6, 6.07) is 4.03. The molecule has 15 heavy (non-hydrogen) atoms. The minimum Gasteiger partial charge on any atom is -0.506 e. The molecule has 0 spiro atoms. The zero-order valence-electron chi connectivity index (χ0n) is 8.63. The normalized spacial score (nSPS) is 12.8. The molecule has 0 saturated carbocycles. The third-order valence-corrected chi connectivity index (χ3v) is 3.98. The first-order valence-electron chi connectivity index (χ1n) is 4.99. The van der Waals surface area contributed by atoms with Crippen LogP contribution in [0, 0.1) is 7.14 Å². The lowest BCUT2D eigenvalue weighted by Crippen LogP contribution is -2.10. The molecule has 84 valence electrons. The van der Waals surface area contributed by atoms with Gasteiger partial charge in [-0.2, -0.15) is 0 Å². The van der Waals surface area contributed by atoms with Gasteiger partial charge in [0.1, 0.15) is 5.75 Å². The van der Waals surface area contributed by atoms with Gasteiger partial charge in [-0.05, 0) is 69.3 Å². The van der Waals surface area contributed by atoms with Crippen molar-refractivity contribution in [2.45, 2.75) is 32.2 Å². The van der Waals surface area contributed by atoms with Crippen molar-refractivity contribution in [1.29, 1.82) is 0 Å². The predicted molar refractivity (Wildman–Crippen MR) is 80.0 cm³/mol. The van der Waals surface area contributed by atoms with Crippen LogP contribution in [0.4, 0.5) is 0 Å². The summed E-state index contributed by atoms with van der Waals surface area (Å²) in [5.41, 5.74) is 7.20. The van der Waals surface area contributed by atoms with E-state index in [0.29, 0.717) is 5.75 Å². The fraction of sp³-hybridized carbons (Fsp3) is 0.455. The molecule has 0 aliphatic rings. The highest BCUT2D eigenvalue weighted by molar-refractivity contribution is 14.1. The van der Waals surface area contributed by atoms with Crippen LogP contribution in [0.1, 0.15) is 37.8 Å². The van der Waals surface area contributed by atoms with Crippen molar-refractivity contribution in [3.63, 3.8) is 0 Å². The highest BCUT2D eigenvalue weighted by Crippen LogP contribution is 2.30. The molecule has 2 nitrogen and oxygen atoms in total. The van der Waals surface area contributed by atoms with Crippen molar-refractivity contribution in [3.05, 3.63) is 24.8 Å². The Morgan fingerprint density at radius 1 is 1.33 bits per heavy atom. The van der Waals surface area contributed by atoms with Crippen LogP contribution in [0.25, 0.3) is 0 Å². The van der Waals surface area contributed by atoms with Crippen molar-refractivity contribution in [3.8, 4) is 5.75 Å². The smallest absolute Gasteiger partial charge is 0.142 e. The minimum atomic E-state index is 0.0904. The number of rotatable bonds is 4. The monoisotopic (exact) mass is 431 g/mol. The molecule has 0 unspecified atom stereocenters. The summed E-state index contributed by atoms with van der Waals surface area (Å²) in [4.78, 5) is 0. The first-order valence-corrected chi connectivity index (χ1v) is 7.15. The molecule has 0 radical (unpaired) electrons. The van der Waals surface area contributed by atoms with E-state index in [-0.39, 0.29) is 6.04 Å². The van der Waals surface area contributed by atoms with E-state index in [1.165, 1.54) is 6.42 Å². The molecule has 0 aliphatic heterocycles. The number of nitrogens with two attached hydrogens (primary N) is 1. The van der Waals surface area contributed by atoms with Crippen LogP contribution in [0.3, 0.4) is 0 Å². The predicted octanol–water partition coefficient (Wildman–Crippen LogP) is 3.79. The van der Waals surface area contributed by atoms with Gasteiger partial charge in [0, 0.05) is 6.04 Å². The number of hydrogen-bond acceptors (Lipinski definition) is 2. The van der Waals surface area contributed by atoms with Crippen LogP contribution >= 0.6 is 45.2 Å². The van der Waals surface area contributed by atoms with Gasteiger partial charge in [0.25, 0.3) is 0 Å². The molecule has 1 aromatic carbocycles. The zero-order chi connectivity index (χ0) is 11.4. The van der Waals surface area contributed by atoms with Crippen LogP contribution in [-0.4, -0.2) is 5.11 Å². The van der Waals surface area contributed by atoms with E-state index in [1.54, 1.807) is 0 Å². The Morgan fingerprint density at radius 3 is 2.33 bits per heavy atom. The Hall–Kier alpha value is 0.440. The number of unbranched alkanes of at least 4 members (excludes halogenated alkanes) is 1. The lowest BCUT2D eigenvalue weighted by molar-refractivity contribution is 0.466. The molecule has 0 fully saturated rings. The van der Waals surface area contributed by atoms with Crippen LogP contribution < -0.4 is 5.73 Å². The van der Waals surface area contributed by atoms with Gasteiger partial charge in [0.05, 0.1) is 7.14 Å². The molecule has 1 aromatic rings. The maximum Gasteiger partial charge on any atom is 0.142 e. The molecule has 1 atom stereocenters. The van der Waals surface area contributed by atoms with Gasteiger partial charge in [-0.1, -0.05) is 19.8 Å². The molecule has 0 heterocycles. The lowest BCUT2D eigenvalue weighted by Gasteiger charge is -2.13. The number of hydrogen-bond donors (Lipinski definition) is 2. The van der Waals surface area contributed by atoms with Gasteiger partial charge in [-0.3, -0.25) is 0 Å². The SMILES string of the molecule is CCCC[C@@H](N)c1cc(I)c(O)c(I)c1. The first kappa shape index (κ1) is 13.5. The minimum absolute atomic E-state index is 0.0904. The van der Waals surface area contributed by atoms with Crippen LogP contribution in [0.2, 0.25) is 0 Å². The molecule has 4 heteroatoms. The molecule has 0 bridgehead atoms. The molecule has 0 amide bonds. The van der Waals surface area contributed by atoms with Gasteiger partial charge >= 0.3 is 0 Å². The fourth-order valence-corrected chi connectivity index (χ4v) is 3.21. The molecule has 3 N–H and O–H groups in total. The number of phenolic OH excluding ortho intramolecular Hbond substituents is 1. The van der Waals surface area contributed by atoms with Gasteiger partial charge in [0.15, 0.2) is 0 Å². The van der Waals surface area contributed by atoms with Crippen molar-refractivity contribution in [2.75, 3.05) is 0 Å². The Bertz CT molecular complexity index is 318. The summed E-state index contributed by atoms with van der Waals surface area (Å²) in [5, 5.41) is 9.63. The van der Waals surface area contributed by atoms with Gasteiger partial charge in [0.2, 0.25) is 0 Å². The number of phenols is 1. The third-order valence-electron chi connectivity index (χ3n) is 2.34. The van der Waals surface area contributed by atoms with Crippen molar-refractivity contribution in [1.82, 2.24) is 0 Å². The fourth-order valence-electron chi connectivity index (χ4n) is 1.39. The topological polar surface area (TPSA) is 46.2 Å². The second kappa shape index (κ2) is 6.24. The summed E-state index contributed by atoms with van der Waals surface area (Å²) < 4.78 is 1.75. The van der Waals surface area contributed by atoms with Crippen LogP contribution in [-0.2, 0) is 0 Å². The van der Waals surface area contributed by atoms with E-state index in [1.807, 2.05) is 12.1 Å². The summed E-state index contributed by atoms with van der Waals surface area (Å²) in [7, 11) is 0. The Kier molecular flexibility index (Phi) is 5.62.